The number of carbonyl (C=O) groups excluding carboxylic acids is 1. The molecule has 1 aromatic heterocycles. The highest BCUT2D eigenvalue weighted by molar-refractivity contribution is 7.84. The number of alkyl halides is 3. The number of carbonyl (C=O) groups is 1. The van der Waals surface area contributed by atoms with Gasteiger partial charge in [-0.2, -0.15) is 13.2 Å². The van der Waals surface area contributed by atoms with Crippen LogP contribution in [0.15, 0.2) is 83.9 Å². The van der Waals surface area contributed by atoms with E-state index in [1.54, 1.807) is 48.5 Å². The molecular weight excluding hydrogens is 615 g/mol. The van der Waals surface area contributed by atoms with Crippen molar-refractivity contribution in [1.29, 1.82) is 0 Å². The monoisotopic (exact) mass is 655 g/mol. The Bertz CT molecular complexity index is 1620. The second-order valence-corrected chi connectivity index (χ2v) is 12.2. The number of nitrogens with one attached hydrogen (secondary N) is 1. The number of aromatic nitrogens is 2. The number of anilines is 1. The molecule has 0 radical (unpaired) electrons. The van der Waals surface area contributed by atoms with Crippen LogP contribution in [-0.4, -0.2) is 39.3 Å². The largest absolute Gasteiger partial charge is 0.491 e. The lowest BCUT2D eigenvalue weighted by Crippen LogP contribution is -2.24. The molecule has 1 N–H and O–H groups in total. The van der Waals surface area contributed by atoms with Gasteiger partial charge in [0.05, 0.1) is 34.4 Å². The lowest BCUT2D eigenvalue weighted by Gasteiger charge is -2.23. The van der Waals surface area contributed by atoms with Gasteiger partial charge in [-0.05, 0) is 84.1 Å². The van der Waals surface area contributed by atoms with Crippen molar-refractivity contribution in [1.82, 2.24) is 9.36 Å². The summed E-state index contributed by atoms with van der Waals surface area (Å²) in [5, 5.41) is 2.66. The van der Waals surface area contributed by atoms with Gasteiger partial charge in [-0.3, -0.25) is 18.4 Å². The van der Waals surface area contributed by atoms with Crippen LogP contribution in [0.5, 0.6) is 5.75 Å². The van der Waals surface area contributed by atoms with E-state index in [9.17, 15) is 22.2 Å². The van der Waals surface area contributed by atoms with Crippen LogP contribution in [-0.2, 0) is 45.9 Å². The van der Waals surface area contributed by atoms with E-state index in [1.165, 1.54) is 12.1 Å². The molecule has 1 atom stereocenters. The Kier molecular flexibility index (Phi) is 12.4. The first-order valence-electron chi connectivity index (χ1n) is 15.3. The second-order valence-electron chi connectivity index (χ2n) is 10.8. The molecule has 0 aliphatic heterocycles. The molecule has 46 heavy (non-hydrogen) atoms. The first kappa shape index (κ1) is 34.8. The van der Waals surface area contributed by atoms with E-state index in [0.717, 1.165) is 49.7 Å². The average molecular weight is 656 g/mol. The molecule has 4 aromatic rings. The summed E-state index contributed by atoms with van der Waals surface area (Å²) in [5.41, 5.74) is 1.72. The highest BCUT2D eigenvalue weighted by Crippen LogP contribution is 2.35. The van der Waals surface area contributed by atoms with Gasteiger partial charge < -0.3 is 14.8 Å². The van der Waals surface area contributed by atoms with Crippen LogP contribution in [0.4, 0.5) is 18.9 Å². The van der Waals surface area contributed by atoms with Crippen molar-refractivity contribution in [3.8, 4) is 16.9 Å². The zero-order chi connectivity index (χ0) is 33.1. The molecular formula is C35H40F3N3O4S. The van der Waals surface area contributed by atoms with Crippen molar-refractivity contribution in [2.24, 2.45) is 7.05 Å². The van der Waals surface area contributed by atoms with Gasteiger partial charge in [0.15, 0.2) is 0 Å². The van der Waals surface area contributed by atoms with E-state index in [-0.39, 0.29) is 5.56 Å². The van der Waals surface area contributed by atoms with Gasteiger partial charge in [-0.1, -0.05) is 38.5 Å². The van der Waals surface area contributed by atoms with E-state index in [0.29, 0.717) is 53.0 Å². The van der Waals surface area contributed by atoms with Gasteiger partial charge in [-0.15, -0.1) is 0 Å². The van der Waals surface area contributed by atoms with Crippen molar-refractivity contribution in [3.05, 3.63) is 95.8 Å². The summed E-state index contributed by atoms with van der Waals surface area (Å²) in [4.78, 5) is 13.3. The second kappa shape index (κ2) is 16.5. The van der Waals surface area contributed by atoms with Crippen molar-refractivity contribution in [2.75, 3.05) is 25.1 Å². The average Bonchev–Trinajstić information content (AvgIpc) is 3.04. The summed E-state index contributed by atoms with van der Waals surface area (Å²) >= 11 is 0. The molecule has 3 aromatic carbocycles. The Balaban J connectivity index is 1.39. The summed E-state index contributed by atoms with van der Waals surface area (Å²) in [5.74, 6) is 0.421. The molecule has 246 valence electrons. The number of aryl methyl sites for hydroxylation is 1. The zero-order valence-corrected chi connectivity index (χ0v) is 27.1. The van der Waals surface area contributed by atoms with Crippen molar-refractivity contribution < 1.29 is 31.6 Å². The Labute approximate surface area is 270 Å². The van der Waals surface area contributed by atoms with Gasteiger partial charge in [0.25, 0.3) is 0 Å². The molecule has 0 spiro atoms. The normalized spacial score (nSPS) is 12.5. The van der Waals surface area contributed by atoms with Crippen LogP contribution in [0, 0.1) is 0 Å². The number of rotatable bonds is 16. The molecule has 11 heteroatoms. The van der Waals surface area contributed by atoms with Crippen LogP contribution in [0.1, 0.15) is 49.9 Å². The van der Waals surface area contributed by atoms with Crippen molar-refractivity contribution in [3.63, 3.8) is 0 Å². The molecule has 7 nitrogen and oxygen atoms in total. The number of unbranched alkanes of at least 4 members (excludes halogenated alkanes) is 1. The van der Waals surface area contributed by atoms with E-state index < -0.39 is 28.4 Å². The highest BCUT2D eigenvalue weighted by Gasteiger charge is 2.32. The summed E-state index contributed by atoms with van der Waals surface area (Å²) in [6.07, 6.45) is 2.61. The van der Waals surface area contributed by atoms with Gasteiger partial charge >= 0.3 is 6.18 Å². The van der Waals surface area contributed by atoms with Gasteiger partial charge in [0.2, 0.25) is 5.91 Å². The lowest BCUT2D eigenvalue weighted by atomic mass is 9.98. The molecule has 0 saturated heterocycles. The lowest BCUT2D eigenvalue weighted by molar-refractivity contribution is -0.137. The van der Waals surface area contributed by atoms with E-state index in [2.05, 4.69) is 23.8 Å². The summed E-state index contributed by atoms with van der Waals surface area (Å²) in [6, 6.07) is 17.5. The molecule has 0 aliphatic rings. The minimum Gasteiger partial charge on any atom is -0.491 e. The maximum Gasteiger partial charge on any atom is 0.416 e. The fraction of sp³-hybridized carbons (Fsp3) is 0.343. The van der Waals surface area contributed by atoms with E-state index in [1.807, 2.05) is 17.9 Å². The molecule has 4 rings (SSSR count). The predicted octanol–water partition coefficient (Wildman–Crippen LogP) is 8.08. The van der Waals surface area contributed by atoms with Crippen LogP contribution in [0.2, 0.25) is 0 Å². The zero-order valence-electron chi connectivity index (χ0n) is 26.3. The SMILES string of the molecule is CCCCOCCOc1ccc(-c2ccc(C(F)(F)F)c(/C=C/C(=O)Nc3ccc(S(=O)Cc4cn(C)n4CCC)cc3)c2)cc1. The smallest absolute Gasteiger partial charge is 0.416 e. The number of nitrogens with zero attached hydrogens (tertiary/aromatic N) is 2. The molecule has 1 unspecified atom stereocenters. The number of amides is 1. The fourth-order valence-corrected chi connectivity index (χ4v) is 5.93. The fourth-order valence-electron chi connectivity index (χ4n) is 4.83. The summed E-state index contributed by atoms with van der Waals surface area (Å²) in [7, 11) is 0.675. The Hall–Kier alpha value is -4.09. The predicted molar refractivity (Wildman–Crippen MR) is 176 cm³/mol. The standard InChI is InChI=1S/C35H40F3N3O4S/c1-4-6-20-44-21-22-45-31-13-7-26(8-14-31)27-9-17-33(35(36,37)38)28(23-27)10-18-34(42)39-29-11-15-32(16-12-29)46(43)25-30-24-40(3)41(30)19-5-2/h7-18,23-24H,4-6,19-22,25H2,1-3H3,(H,39,42)/b18-10+. The first-order chi connectivity index (χ1) is 22.1. The Morgan fingerprint density at radius 1 is 0.935 bits per heavy atom. The van der Waals surface area contributed by atoms with Crippen molar-refractivity contribution >= 4 is 28.5 Å². The number of hydrogen-bond acceptors (Lipinski definition) is 4. The van der Waals surface area contributed by atoms with E-state index >= 15 is 0 Å². The molecule has 0 aliphatic carbocycles. The van der Waals surface area contributed by atoms with Crippen molar-refractivity contribution in [2.45, 2.75) is 56.5 Å². The molecule has 0 bridgehead atoms. The van der Waals surface area contributed by atoms with Gasteiger partial charge in [0.1, 0.15) is 12.4 Å². The third-order valence-electron chi connectivity index (χ3n) is 7.24. The molecule has 0 fully saturated rings. The van der Waals surface area contributed by atoms with Gasteiger partial charge in [0, 0.05) is 43.1 Å². The Morgan fingerprint density at radius 3 is 2.30 bits per heavy atom. The number of hydrogen-bond donors (Lipinski definition) is 1. The molecule has 1 heterocycles. The number of ether oxygens (including phenoxy) is 2. The van der Waals surface area contributed by atoms with Crippen LogP contribution >= 0.6 is 0 Å². The Morgan fingerprint density at radius 2 is 1.65 bits per heavy atom. The minimum absolute atomic E-state index is 0.136. The van der Waals surface area contributed by atoms with Crippen LogP contribution in [0.25, 0.3) is 17.2 Å². The summed E-state index contributed by atoms with van der Waals surface area (Å²) < 4.78 is 69.5. The van der Waals surface area contributed by atoms with Crippen LogP contribution < -0.4 is 10.1 Å². The molecule has 0 saturated carbocycles. The van der Waals surface area contributed by atoms with Gasteiger partial charge in [-0.25, -0.2) is 0 Å². The number of benzene rings is 3. The maximum atomic E-state index is 13.8. The highest BCUT2D eigenvalue weighted by atomic mass is 32.2. The van der Waals surface area contributed by atoms with Crippen LogP contribution in [0.3, 0.4) is 0 Å². The maximum absolute atomic E-state index is 13.8. The number of halogens is 3. The first-order valence-corrected chi connectivity index (χ1v) is 16.6. The molecule has 1 amide bonds. The third-order valence-corrected chi connectivity index (χ3v) is 8.60. The van der Waals surface area contributed by atoms with E-state index in [4.69, 9.17) is 9.47 Å². The topological polar surface area (TPSA) is 74.5 Å². The third kappa shape index (κ3) is 9.70. The quantitative estimate of drug-likeness (QED) is 0.0979. The minimum atomic E-state index is -4.60. The summed E-state index contributed by atoms with van der Waals surface area (Å²) in [6.45, 7) is 6.60.